The Kier molecular flexibility index (Phi) is 3.38. The van der Waals surface area contributed by atoms with Gasteiger partial charge in [0.2, 0.25) is 0 Å². The molecule has 0 aromatic carbocycles. The fourth-order valence-corrected chi connectivity index (χ4v) is 3.09. The molecule has 0 aliphatic carbocycles. The van der Waals surface area contributed by atoms with Crippen LogP contribution in [0.1, 0.15) is 23.3 Å². The predicted molar refractivity (Wildman–Crippen MR) is 71.2 cm³/mol. The third-order valence-corrected chi connectivity index (χ3v) is 4.00. The van der Waals surface area contributed by atoms with Gasteiger partial charge in [0.05, 0.1) is 7.11 Å². The van der Waals surface area contributed by atoms with Crippen LogP contribution in [0.15, 0.2) is 18.3 Å². The quantitative estimate of drug-likeness (QED) is 0.879. The first kappa shape index (κ1) is 12.4. The number of hydrogen-bond acceptors (Lipinski definition) is 4. The van der Waals surface area contributed by atoms with Gasteiger partial charge >= 0.3 is 0 Å². The second-order valence-corrected chi connectivity index (χ2v) is 5.40. The van der Waals surface area contributed by atoms with Gasteiger partial charge in [0.25, 0.3) is 5.91 Å². The molecule has 2 saturated heterocycles. The summed E-state index contributed by atoms with van der Waals surface area (Å²) in [6, 6.07) is 3.66. The van der Waals surface area contributed by atoms with Crippen molar-refractivity contribution in [2.75, 3.05) is 26.7 Å². The lowest BCUT2D eigenvalue weighted by Gasteiger charge is -2.30. The molecule has 1 amide bonds. The first-order valence-electron chi connectivity index (χ1n) is 6.78. The maximum atomic E-state index is 12.2. The molecule has 1 aromatic rings. The van der Waals surface area contributed by atoms with Crippen molar-refractivity contribution in [1.82, 2.24) is 15.2 Å². The van der Waals surface area contributed by atoms with Crippen LogP contribution in [0, 0.1) is 5.92 Å². The van der Waals surface area contributed by atoms with Crippen LogP contribution in [0.25, 0.3) is 0 Å². The Hall–Kier alpha value is -1.62. The average molecular weight is 261 g/mol. The molecule has 2 bridgehead atoms. The standard InChI is InChI=1S/C14H19N3O2/c1-19-12-2-4-15-13(7-12)14(18)16-11-6-10-3-5-17(8-10)9-11/h2,4,7,10-11H,3,5-6,8-9H2,1H3,(H,16,18)/t10-,11+/m0/s1. The molecular weight excluding hydrogens is 242 g/mol. The van der Waals surface area contributed by atoms with Crippen molar-refractivity contribution in [2.45, 2.75) is 18.9 Å². The molecule has 0 radical (unpaired) electrons. The number of amides is 1. The number of carbonyl (C=O) groups is 1. The summed E-state index contributed by atoms with van der Waals surface area (Å²) < 4.78 is 5.11. The van der Waals surface area contributed by atoms with E-state index in [4.69, 9.17) is 4.74 Å². The van der Waals surface area contributed by atoms with E-state index in [1.165, 1.54) is 19.5 Å². The molecule has 1 N–H and O–H groups in total. The topological polar surface area (TPSA) is 54.5 Å². The van der Waals surface area contributed by atoms with E-state index in [1.807, 2.05) is 0 Å². The number of pyridine rings is 1. The molecule has 0 saturated carbocycles. The zero-order valence-corrected chi connectivity index (χ0v) is 11.1. The normalized spacial score (nSPS) is 29.0. The van der Waals surface area contributed by atoms with Crippen LogP contribution in [0.5, 0.6) is 5.75 Å². The first-order chi connectivity index (χ1) is 9.24. The third kappa shape index (κ3) is 2.71. The number of ether oxygens (including phenoxy) is 1. The van der Waals surface area contributed by atoms with Crippen LogP contribution >= 0.6 is 0 Å². The van der Waals surface area contributed by atoms with Gasteiger partial charge in [0.1, 0.15) is 11.4 Å². The number of methoxy groups -OCH3 is 1. The summed E-state index contributed by atoms with van der Waals surface area (Å²) in [4.78, 5) is 18.7. The molecule has 3 heterocycles. The first-order valence-corrected chi connectivity index (χ1v) is 6.78. The van der Waals surface area contributed by atoms with Gasteiger partial charge in [-0.2, -0.15) is 0 Å². The maximum Gasteiger partial charge on any atom is 0.270 e. The van der Waals surface area contributed by atoms with Crippen LogP contribution in [0.4, 0.5) is 0 Å². The van der Waals surface area contributed by atoms with Crippen molar-refractivity contribution in [3.63, 3.8) is 0 Å². The number of rotatable bonds is 3. The number of carbonyl (C=O) groups excluding carboxylic acids is 1. The van der Waals surface area contributed by atoms with Gasteiger partial charge in [0, 0.05) is 31.4 Å². The van der Waals surface area contributed by atoms with Crippen molar-refractivity contribution in [2.24, 2.45) is 5.92 Å². The molecule has 5 heteroatoms. The molecule has 3 rings (SSSR count). The molecular formula is C14H19N3O2. The highest BCUT2D eigenvalue weighted by Crippen LogP contribution is 2.26. The highest BCUT2D eigenvalue weighted by molar-refractivity contribution is 5.92. The number of fused-ring (bicyclic) bond motifs is 2. The van der Waals surface area contributed by atoms with E-state index in [0.29, 0.717) is 11.4 Å². The number of piperidine rings is 1. The van der Waals surface area contributed by atoms with Gasteiger partial charge in [-0.1, -0.05) is 0 Å². The monoisotopic (exact) mass is 261 g/mol. The molecule has 1 aromatic heterocycles. The van der Waals surface area contributed by atoms with Gasteiger partial charge in [0.15, 0.2) is 0 Å². The van der Waals surface area contributed by atoms with Gasteiger partial charge < -0.3 is 15.0 Å². The molecule has 2 fully saturated rings. The molecule has 3 atom stereocenters. The van der Waals surface area contributed by atoms with Crippen LogP contribution < -0.4 is 10.1 Å². The SMILES string of the molecule is COc1ccnc(C(=O)N[C@@H]2C[C@@H]3CCN(C3)C2)c1. The summed E-state index contributed by atoms with van der Waals surface area (Å²) in [6.45, 7) is 3.34. The largest absolute Gasteiger partial charge is 0.497 e. The summed E-state index contributed by atoms with van der Waals surface area (Å²) in [5.74, 6) is 1.30. The van der Waals surface area contributed by atoms with E-state index in [0.717, 1.165) is 18.9 Å². The lowest BCUT2D eigenvalue weighted by Crippen LogP contribution is -2.47. The lowest BCUT2D eigenvalue weighted by molar-refractivity contribution is 0.0904. The molecule has 2 aliphatic rings. The summed E-state index contributed by atoms with van der Waals surface area (Å²) in [7, 11) is 1.59. The summed E-state index contributed by atoms with van der Waals surface area (Å²) in [5.41, 5.74) is 0.423. The minimum atomic E-state index is -0.105. The van der Waals surface area contributed by atoms with Crippen LogP contribution in [-0.2, 0) is 0 Å². The summed E-state index contributed by atoms with van der Waals surface area (Å²) >= 11 is 0. The van der Waals surface area contributed by atoms with Crippen LogP contribution in [0.3, 0.4) is 0 Å². The Morgan fingerprint density at radius 2 is 2.42 bits per heavy atom. The highest BCUT2D eigenvalue weighted by atomic mass is 16.5. The van der Waals surface area contributed by atoms with Crippen molar-refractivity contribution in [3.8, 4) is 5.75 Å². The molecule has 2 aliphatic heterocycles. The Morgan fingerprint density at radius 1 is 1.53 bits per heavy atom. The van der Waals surface area contributed by atoms with E-state index >= 15 is 0 Å². The predicted octanol–water partition coefficient (Wildman–Crippen LogP) is 0.914. The molecule has 0 spiro atoms. The van der Waals surface area contributed by atoms with Crippen molar-refractivity contribution < 1.29 is 9.53 Å². The van der Waals surface area contributed by atoms with E-state index in [9.17, 15) is 4.79 Å². The second-order valence-electron chi connectivity index (χ2n) is 5.40. The molecule has 19 heavy (non-hydrogen) atoms. The van der Waals surface area contributed by atoms with Crippen molar-refractivity contribution in [3.05, 3.63) is 24.0 Å². The Labute approximate surface area is 113 Å². The van der Waals surface area contributed by atoms with Crippen LogP contribution in [0.2, 0.25) is 0 Å². The van der Waals surface area contributed by atoms with E-state index in [-0.39, 0.29) is 11.9 Å². The second kappa shape index (κ2) is 5.17. The Bertz CT molecular complexity index is 466. The van der Waals surface area contributed by atoms with Gasteiger partial charge in [-0.05, 0) is 31.4 Å². The average Bonchev–Trinajstić information content (AvgIpc) is 2.78. The fourth-order valence-electron chi connectivity index (χ4n) is 3.09. The van der Waals surface area contributed by atoms with Gasteiger partial charge in [-0.25, -0.2) is 0 Å². The smallest absolute Gasteiger partial charge is 0.270 e. The Balaban J connectivity index is 1.64. The lowest BCUT2D eigenvalue weighted by atomic mass is 9.97. The highest BCUT2D eigenvalue weighted by Gasteiger charge is 2.33. The van der Waals surface area contributed by atoms with Crippen LogP contribution in [-0.4, -0.2) is 48.6 Å². The van der Waals surface area contributed by atoms with E-state index in [2.05, 4.69) is 15.2 Å². The zero-order chi connectivity index (χ0) is 13.2. The Morgan fingerprint density at radius 3 is 3.21 bits per heavy atom. The molecule has 102 valence electrons. The van der Waals surface area contributed by atoms with Gasteiger partial charge in [-0.3, -0.25) is 9.78 Å². The molecule has 5 nitrogen and oxygen atoms in total. The van der Waals surface area contributed by atoms with Gasteiger partial charge in [-0.15, -0.1) is 0 Å². The van der Waals surface area contributed by atoms with Crippen molar-refractivity contribution in [1.29, 1.82) is 0 Å². The number of nitrogens with zero attached hydrogens (tertiary/aromatic N) is 2. The third-order valence-electron chi connectivity index (χ3n) is 4.00. The molecule has 1 unspecified atom stereocenters. The summed E-state index contributed by atoms with van der Waals surface area (Å²) in [5, 5.41) is 3.09. The minimum absolute atomic E-state index is 0.105. The van der Waals surface area contributed by atoms with E-state index in [1.54, 1.807) is 25.4 Å². The van der Waals surface area contributed by atoms with Crippen molar-refractivity contribution >= 4 is 5.91 Å². The zero-order valence-electron chi connectivity index (χ0n) is 11.1. The van der Waals surface area contributed by atoms with E-state index < -0.39 is 0 Å². The number of nitrogens with one attached hydrogen (secondary N) is 1. The maximum absolute atomic E-state index is 12.2. The summed E-state index contributed by atoms with van der Waals surface area (Å²) in [6.07, 6.45) is 3.96. The number of aromatic nitrogens is 1. The number of hydrogen-bond donors (Lipinski definition) is 1. The fraction of sp³-hybridized carbons (Fsp3) is 0.571. The minimum Gasteiger partial charge on any atom is -0.497 e.